The van der Waals surface area contributed by atoms with E-state index in [1.54, 1.807) is 26.8 Å². The number of H-pyrrole nitrogens is 1. The fraction of sp³-hybridized carbons (Fsp3) is 0.375. The summed E-state index contributed by atoms with van der Waals surface area (Å²) in [6, 6.07) is 11.8. The van der Waals surface area contributed by atoms with Crippen LogP contribution in [0.4, 0.5) is 29.3 Å². The maximum absolute atomic E-state index is 13.9. The zero-order valence-electron chi connectivity index (χ0n) is 25.3. The number of hydrogen-bond acceptors (Lipinski definition) is 6. The first-order valence-corrected chi connectivity index (χ1v) is 16.1. The molecular weight excluding hydrogens is 681 g/mol. The Morgan fingerprint density at radius 3 is 2.36 bits per heavy atom. The van der Waals surface area contributed by atoms with Gasteiger partial charge < -0.3 is 30.7 Å². The van der Waals surface area contributed by atoms with Crippen LogP contribution in [0.25, 0.3) is 11.0 Å². The van der Waals surface area contributed by atoms with Gasteiger partial charge in [0.25, 0.3) is 0 Å². The summed E-state index contributed by atoms with van der Waals surface area (Å²) in [6.07, 6.45) is -0.445. The molecule has 0 bridgehead atoms. The van der Waals surface area contributed by atoms with Crippen LogP contribution in [0.15, 0.2) is 70.2 Å². The Balaban J connectivity index is 1.18. The lowest BCUT2D eigenvalue weighted by molar-refractivity contribution is -0.137. The van der Waals surface area contributed by atoms with Crippen molar-refractivity contribution in [3.05, 3.63) is 87.0 Å². The summed E-state index contributed by atoms with van der Waals surface area (Å²) in [4.78, 5) is 52.5. The summed E-state index contributed by atoms with van der Waals surface area (Å²) in [5, 5.41) is 2.83. The van der Waals surface area contributed by atoms with Crippen molar-refractivity contribution in [3.8, 4) is 0 Å². The van der Waals surface area contributed by atoms with Gasteiger partial charge in [-0.25, -0.2) is 9.59 Å². The number of carbonyl (C=O) groups is 2. The van der Waals surface area contributed by atoms with Crippen LogP contribution in [0.5, 0.6) is 0 Å². The average Bonchev–Trinajstić information content (AvgIpc) is 3.41. The van der Waals surface area contributed by atoms with Crippen LogP contribution >= 0.6 is 15.9 Å². The molecule has 0 spiro atoms. The molecule has 47 heavy (non-hydrogen) atoms. The number of aromatic amines is 1. The molecule has 4 heterocycles. The number of halogens is 4. The second-order valence-electron chi connectivity index (χ2n) is 11.8. The summed E-state index contributed by atoms with van der Waals surface area (Å²) in [5.74, 6) is -0.380. The number of fused-ring (bicyclic) bond motifs is 1. The first-order chi connectivity index (χ1) is 22.5. The molecule has 2 aliphatic rings. The molecule has 4 aromatic rings. The summed E-state index contributed by atoms with van der Waals surface area (Å²) in [7, 11) is 0. The van der Waals surface area contributed by atoms with Crippen LogP contribution in [-0.2, 0) is 17.4 Å². The highest BCUT2D eigenvalue weighted by molar-refractivity contribution is 9.10. The minimum atomic E-state index is -4.70. The van der Waals surface area contributed by atoms with Gasteiger partial charge in [0.15, 0.2) is 0 Å². The molecule has 3 amide bonds. The number of urea groups is 1. The quantitative estimate of drug-likeness (QED) is 0.254. The van der Waals surface area contributed by atoms with E-state index in [4.69, 9.17) is 5.73 Å². The zero-order chi connectivity index (χ0) is 33.3. The number of likely N-dealkylation sites (tertiary alicyclic amines) is 1. The minimum Gasteiger partial charge on any atom is -0.397 e. The summed E-state index contributed by atoms with van der Waals surface area (Å²) in [6.45, 7) is 2.50. The molecule has 0 aliphatic carbocycles. The Hall–Kier alpha value is -4.53. The van der Waals surface area contributed by atoms with Crippen molar-refractivity contribution in [1.29, 1.82) is 0 Å². The molecule has 1 atom stereocenters. The number of pyridine rings is 1. The third kappa shape index (κ3) is 6.94. The van der Waals surface area contributed by atoms with Crippen LogP contribution in [0.3, 0.4) is 0 Å². The molecule has 15 heteroatoms. The number of nitrogens with two attached hydrogens (primary N) is 1. The Morgan fingerprint density at radius 1 is 1.00 bits per heavy atom. The number of rotatable bonds is 6. The number of aromatic nitrogens is 3. The van der Waals surface area contributed by atoms with Crippen molar-refractivity contribution in [2.45, 2.75) is 37.5 Å². The van der Waals surface area contributed by atoms with Gasteiger partial charge in [-0.15, -0.1) is 0 Å². The molecule has 2 aromatic carbocycles. The number of nitrogens with zero attached hydrogens (tertiary/aromatic N) is 5. The molecule has 2 aromatic heterocycles. The van der Waals surface area contributed by atoms with Crippen molar-refractivity contribution >= 4 is 50.3 Å². The van der Waals surface area contributed by atoms with E-state index in [0.29, 0.717) is 52.1 Å². The first-order valence-electron chi connectivity index (χ1n) is 15.3. The van der Waals surface area contributed by atoms with Crippen LogP contribution in [0, 0.1) is 0 Å². The van der Waals surface area contributed by atoms with Gasteiger partial charge in [0.2, 0.25) is 5.91 Å². The van der Waals surface area contributed by atoms with Gasteiger partial charge in [-0.2, -0.15) is 13.2 Å². The molecule has 0 radical (unpaired) electrons. The lowest BCUT2D eigenvalue weighted by atomic mass is 10.0. The second kappa shape index (κ2) is 13.3. The number of carbonyl (C=O) groups excluding carboxylic acids is 2. The van der Waals surface area contributed by atoms with Crippen LogP contribution < -0.4 is 21.6 Å². The molecule has 0 unspecified atom stereocenters. The largest absolute Gasteiger partial charge is 0.418 e. The van der Waals surface area contributed by atoms with E-state index in [9.17, 15) is 27.6 Å². The number of piperazine rings is 1. The fourth-order valence-corrected chi connectivity index (χ4v) is 6.93. The third-order valence-corrected chi connectivity index (χ3v) is 9.55. The molecule has 4 N–H and O–H groups in total. The Labute approximate surface area is 276 Å². The number of piperidine rings is 1. The number of nitrogen functional groups attached to an aromatic ring is 1. The third-order valence-electron chi connectivity index (χ3n) is 8.89. The van der Waals surface area contributed by atoms with E-state index in [1.807, 2.05) is 36.4 Å². The van der Waals surface area contributed by atoms with Crippen molar-refractivity contribution in [2.24, 2.45) is 0 Å². The minimum absolute atomic E-state index is 0.0559. The monoisotopic (exact) mass is 714 g/mol. The lowest BCUT2D eigenvalue weighted by Crippen LogP contribution is -2.57. The fourth-order valence-electron chi connectivity index (χ4n) is 6.43. The van der Waals surface area contributed by atoms with E-state index in [2.05, 4.69) is 36.1 Å². The highest BCUT2D eigenvalue weighted by Gasteiger charge is 2.36. The van der Waals surface area contributed by atoms with Crippen molar-refractivity contribution < 1.29 is 22.8 Å². The average molecular weight is 716 g/mol. The van der Waals surface area contributed by atoms with Crippen molar-refractivity contribution in [3.63, 3.8) is 0 Å². The van der Waals surface area contributed by atoms with Gasteiger partial charge >= 0.3 is 17.9 Å². The number of imidazole rings is 1. The van der Waals surface area contributed by atoms with E-state index in [-0.39, 0.29) is 34.1 Å². The van der Waals surface area contributed by atoms with E-state index in [0.717, 1.165) is 22.8 Å². The number of benzene rings is 2. The normalized spacial score (nSPS) is 16.8. The highest BCUT2D eigenvalue weighted by Crippen LogP contribution is 2.38. The Bertz CT molecular complexity index is 1810. The Morgan fingerprint density at radius 2 is 1.68 bits per heavy atom. The van der Waals surface area contributed by atoms with Crippen molar-refractivity contribution in [1.82, 2.24) is 29.7 Å². The SMILES string of the molecule is Nc1c(Br)cc(C[C@@H](NC(=O)N2CCC(n3c(=O)[nH]c4ccccc43)CC2)C(=O)N2CCN(c3ccncc3)CC2)cc1C(F)(F)F. The topological polar surface area (TPSA) is 133 Å². The van der Waals surface area contributed by atoms with Crippen LogP contribution in [0.2, 0.25) is 0 Å². The first kappa shape index (κ1) is 32.4. The number of hydrogen-bond donors (Lipinski definition) is 3. The number of nitrogens with one attached hydrogen (secondary N) is 2. The summed E-state index contributed by atoms with van der Waals surface area (Å²) < 4.78 is 43.1. The zero-order valence-corrected chi connectivity index (χ0v) is 26.9. The van der Waals surface area contributed by atoms with Crippen molar-refractivity contribution in [2.75, 3.05) is 49.9 Å². The molecule has 0 saturated carbocycles. The lowest BCUT2D eigenvalue weighted by Gasteiger charge is -2.38. The van der Waals surface area contributed by atoms with Crippen LogP contribution in [0.1, 0.15) is 30.0 Å². The molecule has 6 rings (SSSR count). The van der Waals surface area contributed by atoms with Gasteiger partial charge in [0, 0.05) is 74.3 Å². The molecule has 248 valence electrons. The maximum atomic E-state index is 13.9. The van der Waals surface area contributed by atoms with Crippen LogP contribution in [-0.4, -0.2) is 81.6 Å². The van der Waals surface area contributed by atoms with Gasteiger partial charge in [0.05, 0.1) is 22.3 Å². The number of para-hydroxylation sites is 2. The van der Waals surface area contributed by atoms with Gasteiger partial charge in [-0.05, 0) is 70.7 Å². The summed E-state index contributed by atoms with van der Waals surface area (Å²) in [5.41, 5.74) is 6.75. The molecule has 2 saturated heterocycles. The molecular formula is C32H34BrF3N8O3. The van der Waals surface area contributed by atoms with E-state index in [1.165, 1.54) is 6.07 Å². The smallest absolute Gasteiger partial charge is 0.397 e. The van der Waals surface area contributed by atoms with Gasteiger partial charge in [-0.3, -0.25) is 14.3 Å². The number of anilines is 2. The maximum Gasteiger partial charge on any atom is 0.418 e. The van der Waals surface area contributed by atoms with Gasteiger partial charge in [0.1, 0.15) is 6.04 Å². The number of alkyl halides is 3. The molecule has 2 fully saturated rings. The number of amides is 3. The summed E-state index contributed by atoms with van der Waals surface area (Å²) >= 11 is 3.12. The predicted octanol–water partition coefficient (Wildman–Crippen LogP) is 4.39. The molecule has 11 nitrogen and oxygen atoms in total. The highest BCUT2D eigenvalue weighted by atomic mass is 79.9. The molecule has 2 aliphatic heterocycles. The van der Waals surface area contributed by atoms with Gasteiger partial charge in [-0.1, -0.05) is 12.1 Å². The van der Waals surface area contributed by atoms with E-state index >= 15 is 0 Å². The van der Waals surface area contributed by atoms with E-state index < -0.39 is 29.5 Å². The standard InChI is InChI=1S/C32H34BrF3N8O3/c33-24-18-20(17-23(28(24)37)32(34,35)36)19-26(29(45)42-15-13-41(14-16-42)21-5-9-38-10-6-21)40-30(46)43-11-7-22(8-12-43)44-27-4-2-1-3-25(27)39-31(44)47/h1-6,9-10,17-18,22,26H,7-8,11-16,19,37H2,(H,39,47)(H,40,46)/t26-/m1/s1. The predicted molar refractivity (Wildman–Crippen MR) is 175 cm³/mol. The Kier molecular flexibility index (Phi) is 9.17. The second-order valence-corrected chi connectivity index (χ2v) is 12.7.